The molecule has 0 spiro atoms. The summed E-state index contributed by atoms with van der Waals surface area (Å²) in [6.07, 6.45) is 1.06. The number of morpholine rings is 1. The molecule has 7 nitrogen and oxygen atoms in total. The Morgan fingerprint density at radius 3 is 2.55 bits per heavy atom. The van der Waals surface area contributed by atoms with E-state index in [4.69, 9.17) is 32.7 Å². The number of rotatable bonds is 2. The van der Waals surface area contributed by atoms with Crippen LogP contribution in [0, 0.1) is 0 Å². The highest BCUT2D eigenvalue weighted by Gasteiger charge is 2.36. The van der Waals surface area contributed by atoms with Crippen molar-refractivity contribution in [3.63, 3.8) is 0 Å². The van der Waals surface area contributed by atoms with Gasteiger partial charge in [-0.05, 0) is 51.5 Å². The fourth-order valence-corrected chi connectivity index (χ4v) is 4.21. The van der Waals surface area contributed by atoms with Crippen LogP contribution in [-0.2, 0) is 9.47 Å². The molecule has 1 aliphatic rings. The van der Waals surface area contributed by atoms with Crippen molar-refractivity contribution in [1.29, 1.82) is 0 Å². The third kappa shape index (κ3) is 4.35. The Labute approximate surface area is 190 Å². The summed E-state index contributed by atoms with van der Waals surface area (Å²) in [5.74, 6) is 0. The summed E-state index contributed by atoms with van der Waals surface area (Å²) in [4.78, 5) is 23.0. The number of halogens is 2. The first-order valence-electron chi connectivity index (χ1n) is 10.0. The zero-order chi connectivity index (χ0) is 22.3. The second-order valence-electron chi connectivity index (χ2n) is 8.59. The van der Waals surface area contributed by atoms with Gasteiger partial charge in [-0.3, -0.25) is 9.47 Å². The zero-order valence-corrected chi connectivity index (χ0v) is 19.3. The Balaban J connectivity index is 1.66. The molecule has 1 amide bonds. The van der Waals surface area contributed by atoms with Gasteiger partial charge in [-0.1, -0.05) is 35.3 Å². The molecule has 0 saturated carbocycles. The molecule has 1 aliphatic heterocycles. The van der Waals surface area contributed by atoms with Crippen molar-refractivity contribution in [2.45, 2.75) is 45.4 Å². The maximum Gasteiger partial charge on any atom is 0.411 e. The number of hydrogen-bond acceptors (Lipinski definition) is 5. The van der Waals surface area contributed by atoms with E-state index < -0.39 is 5.60 Å². The number of carbonyl (C=O) groups is 1. The topological polar surface area (TPSA) is 69.5 Å². The number of fused-ring (bicyclic) bond motifs is 1. The smallest absolute Gasteiger partial charge is 0.411 e. The van der Waals surface area contributed by atoms with Gasteiger partial charge in [0, 0.05) is 5.69 Å². The molecular weight excluding hydrogens is 439 g/mol. The van der Waals surface area contributed by atoms with Crippen molar-refractivity contribution in [1.82, 2.24) is 19.4 Å². The average molecular weight is 463 g/mol. The fraction of sp³-hybridized carbons (Fsp3) is 0.409. The predicted molar refractivity (Wildman–Crippen MR) is 120 cm³/mol. The third-order valence-electron chi connectivity index (χ3n) is 5.09. The summed E-state index contributed by atoms with van der Waals surface area (Å²) in [5, 5.41) is 1.52. The molecule has 0 unspecified atom stereocenters. The Morgan fingerprint density at radius 2 is 1.87 bits per heavy atom. The van der Waals surface area contributed by atoms with Crippen LogP contribution in [0.1, 0.15) is 39.3 Å². The van der Waals surface area contributed by atoms with Crippen molar-refractivity contribution >= 4 is 40.3 Å². The quantitative estimate of drug-likeness (QED) is 0.475. The molecule has 0 radical (unpaired) electrons. The van der Waals surface area contributed by atoms with E-state index in [1.165, 1.54) is 6.33 Å². The summed E-state index contributed by atoms with van der Waals surface area (Å²) < 4.78 is 13.2. The van der Waals surface area contributed by atoms with E-state index in [1.54, 1.807) is 15.5 Å². The highest BCUT2D eigenvalue weighted by Crippen LogP contribution is 2.32. The number of amides is 1. The molecule has 3 heterocycles. The molecular formula is C22H24Cl2N4O3. The van der Waals surface area contributed by atoms with Crippen LogP contribution in [0.15, 0.2) is 36.7 Å². The Kier molecular flexibility index (Phi) is 5.85. The molecule has 4 rings (SSSR count). The van der Waals surface area contributed by atoms with E-state index in [2.05, 4.69) is 9.97 Å². The first-order chi connectivity index (χ1) is 14.7. The van der Waals surface area contributed by atoms with Crippen LogP contribution in [0.5, 0.6) is 0 Å². The second-order valence-corrected chi connectivity index (χ2v) is 9.33. The van der Waals surface area contributed by atoms with Gasteiger partial charge in [0.25, 0.3) is 0 Å². The van der Waals surface area contributed by atoms with E-state index in [9.17, 15) is 4.79 Å². The van der Waals surface area contributed by atoms with E-state index in [0.29, 0.717) is 34.6 Å². The average Bonchev–Trinajstić information content (AvgIpc) is 3.04. The normalized spacial score (nSPS) is 19.6. The van der Waals surface area contributed by atoms with Gasteiger partial charge < -0.3 is 9.47 Å². The molecule has 2 atom stereocenters. The molecule has 9 heteroatoms. The van der Waals surface area contributed by atoms with Crippen LogP contribution in [0.2, 0.25) is 10.3 Å². The van der Waals surface area contributed by atoms with Crippen molar-refractivity contribution in [2.24, 2.45) is 0 Å². The van der Waals surface area contributed by atoms with Crippen molar-refractivity contribution < 1.29 is 14.3 Å². The lowest BCUT2D eigenvalue weighted by atomic mass is 10.0. The predicted octanol–water partition coefficient (Wildman–Crippen LogP) is 5.42. The molecule has 1 saturated heterocycles. The molecule has 1 fully saturated rings. The Bertz CT molecular complexity index is 1110. The third-order valence-corrected chi connectivity index (χ3v) is 5.67. The molecule has 0 aliphatic carbocycles. The lowest BCUT2D eigenvalue weighted by Gasteiger charge is -2.41. The number of aromatic nitrogens is 3. The number of ether oxygens (including phenoxy) is 2. The molecule has 1 aromatic carbocycles. The molecule has 31 heavy (non-hydrogen) atoms. The van der Waals surface area contributed by atoms with Gasteiger partial charge in [-0.15, -0.1) is 0 Å². The standard InChI is InChI=1S/C22H24Cl2N4O3/c1-13-10-30-11-17(27(13)21(29)31-22(2,3)4)14-5-7-15(8-6-14)28-18(23)9-16-19(24)25-12-26-20(16)28/h5-9,12-13,17H,10-11H2,1-4H3/t13-,17-/m1/s1. The SMILES string of the molecule is C[C@@H]1COC[C@H](c2ccc(-n3c(Cl)cc4c(Cl)ncnc43)cc2)N1C(=O)OC(C)(C)C. The Morgan fingerprint density at radius 1 is 1.16 bits per heavy atom. The van der Waals surface area contributed by atoms with Crippen LogP contribution in [0.3, 0.4) is 0 Å². The zero-order valence-electron chi connectivity index (χ0n) is 17.8. The molecule has 2 aromatic heterocycles. The van der Waals surface area contributed by atoms with Gasteiger partial charge in [0.15, 0.2) is 5.65 Å². The van der Waals surface area contributed by atoms with Gasteiger partial charge in [0.2, 0.25) is 0 Å². The fourth-order valence-electron chi connectivity index (χ4n) is 3.74. The largest absolute Gasteiger partial charge is 0.444 e. The van der Waals surface area contributed by atoms with Gasteiger partial charge >= 0.3 is 6.09 Å². The maximum atomic E-state index is 12.9. The van der Waals surface area contributed by atoms with Gasteiger partial charge in [0.1, 0.15) is 22.2 Å². The van der Waals surface area contributed by atoms with E-state index in [-0.39, 0.29) is 18.2 Å². The van der Waals surface area contributed by atoms with E-state index in [1.807, 2.05) is 52.0 Å². The highest BCUT2D eigenvalue weighted by atomic mass is 35.5. The molecule has 164 valence electrons. The van der Waals surface area contributed by atoms with Gasteiger partial charge in [0.05, 0.1) is 30.7 Å². The molecule has 3 aromatic rings. The summed E-state index contributed by atoms with van der Waals surface area (Å²) in [5.41, 5.74) is 1.83. The van der Waals surface area contributed by atoms with E-state index >= 15 is 0 Å². The molecule has 0 bridgehead atoms. The van der Waals surface area contributed by atoms with Crippen LogP contribution < -0.4 is 0 Å². The highest BCUT2D eigenvalue weighted by molar-refractivity contribution is 6.36. The van der Waals surface area contributed by atoms with Gasteiger partial charge in [-0.2, -0.15) is 0 Å². The molecule has 0 N–H and O–H groups in total. The number of benzene rings is 1. The first kappa shape index (κ1) is 21.9. The monoisotopic (exact) mass is 462 g/mol. The van der Waals surface area contributed by atoms with Crippen LogP contribution in [0.25, 0.3) is 16.7 Å². The summed E-state index contributed by atoms with van der Waals surface area (Å²) in [7, 11) is 0. The minimum absolute atomic E-state index is 0.102. The summed E-state index contributed by atoms with van der Waals surface area (Å²) >= 11 is 12.6. The van der Waals surface area contributed by atoms with Crippen LogP contribution >= 0.6 is 23.2 Å². The Hall–Kier alpha value is -2.35. The second kappa shape index (κ2) is 8.30. The minimum atomic E-state index is -0.571. The van der Waals surface area contributed by atoms with Crippen LogP contribution in [0.4, 0.5) is 4.79 Å². The van der Waals surface area contributed by atoms with E-state index in [0.717, 1.165) is 11.3 Å². The lowest BCUT2D eigenvalue weighted by molar-refractivity contribution is -0.0573. The summed E-state index contributed by atoms with van der Waals surface area (Å²) in [6.45, 7) is 8.42. The minimum Gasteiger partial charge on any atom is -0.444 e. The maximum absolute atomic E-state index is 12.9. The number of nitrogens with zero attached hydrogens (tertiary/aromatic N) is 4. The van der Waals surface area contributed by atoms with Gasteiger partial charge in [-0.25, -0.2) is 14.8 Å². The summed E-state index contributed by atoms with van der Waals surface area (Å²) in [6, 6.07) is 9.18. The number of carbonyl (C=O) groups excluding carboxylic acids is 1. The number of hydrogen-bond donors (Lipinski definition) is 0. The van der Waals surface area contributed by atoms with Crippen LogP contribution in [-0.4, -0.2) is 50.4 Å². The lowest BCUT2D eigenvalue weighted by Crippen LogP contribution is -2.50. The van der Waals surface area contributed by atoms with Crippen molar-refractivity contribution in [3.05, 3.63) is 52.5 Å². The van der Waals surface area contributed by atoms with Crippen molar-refractivity contribution in [2.75, 3.05) is 13.2 Å². The van der Waals surface area contributed by atoms with Crippen molar-refractivity contribution in [3.8, 4) is 5.69 Å². The first-order valence-corrected chi connectivity index (χ1v) is 10.8.